The number of nitrogens with zero attached hydrogens (tertiary/aromatic N) is 4. The molecule has 0 bridgehead atoms. The van der Waals surface area contributed by atoms with Crippen molar-refractivity contribution in [2.24, 2.45) is 0 Å². The fourth-order valence-corrected chi connectivity index (χ4v) is 3.94. The van der Waals surface area contributed by atoms with Crippen molar-refractivity contribution >= 4 is 16.6 Å². The molecule has 0 amide bonds. The zero-order valence-electron chi connectivity index (χ0n) is 18.1. The highest BCUT2D eigenvalue weighted by molar-refractivity contribution is 5.87. The van der Waals surface area contributed by atoms with E-state index >= 15 is 0 Å². The summed E-state index contributed by atoms with van der Waals surface area (Å²) in [5, 5.41) is 0.875. The summed E-state index contributed by atoms with van der Waals surface area (Å²) < 4.78 is 10.8. The molecule has 2 heterocycles. The molecular weight excluding hydrogens is 376 g/mol. The van der Waals surface area contributed by atoms with Crippen LogP contribution in [0.5, 0.6) is 11.5 Å². The minimum atomic E-state index is 0.703. The highest BCUT2D eigenvalue weighted by Crippen LogP contribution is 2.31. The number of unbranched alkanes of at least 4 members (excludes halogenated alkanes) is 1. The molecule has 1 aromatic heterocycles. The van der Waals surface area contributed by atoms with Crippen LogP contribution in [-0.2, 0) is 0 Å². The van der Waals surface area contributed by atoms with E-state index in [1.807, 2.05) is 18.3 Å². The van der Waals surface area contributed by atoms with Gasteiger partial charge < -0.3 is 14.4 Å². The second kappa shape index (κ2) is 9.30. The summed E-state index contributed by atoms with van der Waals surface area (Å²) in [5.41, 5.74) is 3.07. The second-order valence-corrected chi connectivity index (χ2v) is 7.69. The highest BCUT2D eigenvalue weighted by atomic mass is 16.5. The van der Waals surface area contributed by atoms with Gasteiger partial charge in [-0.1, -0.05) is 13.3 Å². The first-order valence-corrected chi connectivity index (χ1v) is 10.7. The fourth-order valence-electron chi connectivity index (χ4n) is 3.94. The smallest absolute Gasteiger partial charge is 0.159 e. The number of methoxy groups -OCH3 is 2. The predicted octanol–water partition coefficient (Wildman–Crippen LogP) is 4.24. The van der Waals surface area contributed by atoms with Crippen molar-refractivity contribution in [3.8, 4) is 22.9 Å². The van der Waals surface area contributed by atoms with Crippen molar-refractivity contribution < 1.29 is 9.47 Å². The van der Waals surface area contributed by atoms with Gasteiger partial charge in [0.15, 0.2) is 5.82 Å². The molecule has 6 nitrogen and oxygen atoms in total. The quantitative estimate of drug-likeness (QED) is 0.585. The van der Waals surface area contributed by atoms with Gasteiger partial charge in [-0.2, -0.15) is 0 Å². The lowest BCUT2D eigenvalue weighted by Gasteiger charge is -2.36. The first kappa shape index (κ1) is 20.4. The van der Waals surface area contributed by atoms with Crippen LogP contribution in [0.2, 0.25) is 0 Å². The maximum atomic E-state index is 5.46. The average molecular weight is 407 g/mol. The molecule has 6 heteroatoms. The van der Waals surface area contributed by atoms with E-state index in [-0.39, 0.29) is 0 Å². The molecule has 0 saturated carbocycles. The van der Waals surface area contributed by atoms with Crippen LogP contribution >= 0.6 is 0 Å². The first-order valence-electron chi connectivity index (χ1n) is 10.7. The molecule has 1 saturated heterocycles. The van der Waals surface area contributed by atoms with Gasteiger partial charge in [-0.25, -0.2) is 9.97 Å². The average Bonchev–Trinajstić information content (AvgIpc) is 2.82. The number of piperazine rings is 1. The van der Waals surface area contributed by atoms with E-state index in [4.69, 9.17) is 14.5 Å². The Hall–Kier alpha value is -2.86. The third-order valence-electron chi connectivity index (χ3n) is 5.78. The molecular formula is C24H30N4O2. The Morgan fingerprint density at radius 3 is 2.40 bits per heavy atom. The monoisotopic (exact) mass is 406 g/mol. The summed E-state index contributed by atoms with van der Waals surface area (Å²) in [6.45, 7) is 7.91. The molecule has 0 unspecified atom stereocenters. The Bertz CT molecular complexity index is 982. The van der Waals surface area contributed by atoms with Crippen molar-refractivity contribution in [2.75, 3.05) is 51.8 Å². The van der Waals surface area contributed by atoms with Crippen LogP contribution in [0.4, 0.5) is 5.69 Å². The topological polar surface area (TPSA) is 50.7 Å². The highest BCUT2D eigenvalue weighted by Gasteiger charge is 2.17. The van der Waals surface area contributed by atoms with E-state index in [1.54, 1.807) is 14.2 Å². The van der Waals surface area contributed by atoms with Crippen LogP contribution < -0.4 is 14.4 Å². The van der Waals surface area contributed by atoms with Gasteiger partial charge in [0.25, 0.3) is 0 Å². The normalized spacial score (nSPS) is 14.8. The molecule has 1 fully saturated rings. The number of benzene rings is 2. The third kappa shape index (κ3) is 4.33. The number of fused-ring (bicyclic) bond motifs is 1. The molecule has 1 aliphatic rings. The molecule has 4 rings (SSSR count). The van der Waals surface area contributed by atoms with Gasteiger partial charge in [-0.15, -0.1) is 0 Å². The summed E-state index contributed by atoms with van der Waals surface area (Å²) >= 11 is 0. The van der Waals surface area contributed by atoms with Gasteiger partial charge in [-0.05, 0) is 37.2 Å². The molecule has 0 spiro atoms. The number of hydrogen-bond donors (Lipinski definition) is 0. The Morgan fingerprint density at radius 2 is 1.73 bits per heavy atom. The van der Waals surface area contributed by atoms with E-state index in [9.17, 15) is 0 Å². The zero-order valence-corrected chi connectivity index (χ0v) is 18.1. The van der Waals surface area contributed by atoms with E-state index < -0.39 is 0 Å². The minimum absolute atomic E-state index is 0.703. The predicted molar refractivity (Wildman–Crippen MR) is 122 cm³/mol. The number of hydrogen-bond acceptors (Lipinski definition) is 6. The van der Waals surface area contributed by atoms with E-state index in [2.05, 4.69) is 46.0 Å². The van der Waals surface area contributed by atoms with Crippen LogP contribution in [0.3, 0.4) is 0 Å². The Morgan fingerprint density at radius 1 is 0.967 bits per heavy atom. The molecule has 0 N–H and O–H groups in total. The van der Waals surface area contributed by atoms with Gasteiger partial charge in [0.2, 0.25) is 0 Å². The van der Waals surface area contributed by atoms with Crippen molar-refractivity contribution in [2.45, 2.75) is 19.8 Å². The van der Waals surface area contributed by atoms with Gasteiger partial charge in [-0.3, -0.25) is 4.90 Å². The molecule has 2 aromatic carbocycles. The van der Waals surface area contributed by atoms with Gasteiger partial charge in [0.1, 0.15) is 11.5 Å². The Balaban J connectivity index is 1.51. The lowest BCUT2D eigenvalue weighted by Crippen LogP contribution is -2.46. The zero-order chi connectivity index (χ0) is 20.9. The second-order valence-electron chi connectivity index (χ2n) is 7.69. The number of rotatable bonds is 7. The van der Waals surface area contributed by atoms with Crippen LogP contribution in [0.1, 0.15) is 19.8 Å². The van der Waals surface area contributed by atoms with Gasteiger partial charge in [0, 0.05) is 55.8 Å². The molecule has 1 aliphatic heterocycles. The first-order chi connectivity index (χ1) is 14.7. The molecule has 3 aromatic rings. The van der Waals surface area contributed by atoms with Crippen LogP contribution in [0, 0.1) is 0 Å². The summed E-state index contributed by atoms with van der Waals surface area (Å²) in [5.74, 6) is 2.13. The van der Waals surface area contributed by atoms with Crippen LogP contribution in [-0.4, -0.2) is 61.8 Å². The maximum Gasteiger partial charge on any atom is 0.159 e. The standard InChI is InChI=1S/C24H30N4O2/c1-4-5-10-27-11-13-28(14-12-27)19-8-6-18(7-9-19)24-25-17-21-22(26-24)15-20(29-2)16-23(21)30-3/h6-9,15-17H,4-5,10-14H2,1-3H3. The van der Waals surface area contributed by atoms with Crippen molar-refractivity contribution in [3.05, 3.63) is 42.6 Å². The maximum absolute atomic E-state index is 5.46. The van der Waals surface area contributed by atoms with Crippen LogP contribution in [0.15, 0.2) is 42.6 Å². The third-order valence-corrected chi connectivity index (χ3v) is 5.78. The fraction of sp³-hybridized carbons (Fsp3) is 0.417. The SMILES string of the molecule is CCCCN1CCN(c2ccc(-c3ncc4c(OC)cc(OC)cc4n3)cc2)CC1. The number of ether oxygens (including phenoxy) is 2. The summed E-state index contributed by atoms with van der Waals surface area (Å²) in [7, 11) is 3.29. The molecule has 158 valence electrons. The Labute approximate surface area is 178 Å². The van der Waals surface area contributed by atoms with Crippen molar-refractivity contribution in [3.63, 3.8) is 0 Å². The van der Waals surface area contributed by atoms with Crippen molar-refractivity contribution in [1.29, 1.82) is 0 Å². The number of aromatic nitrogens is 2. The van der Waals surface area contributed by atoms with Crippen LogP contribution in [0.25, 0.3) is 22.3 Å². The molecule has 0 atom stereocenters. The largest absolute Gasteiger partial charge is 0.497 e. The lowest BCUT2D eigenvalue weighted by atomic mass is 10.1. The van der Waals surface area contributed by atoms with E-state index in [0.29, 0.717) is 11.6 Å². The van der Waals surface area contributed by atoms with E-state index in [0.717, 1.165) is 48.4 Å². The summed E-state index contributed by atoms with van der Waals surface area (Å²) in [6, 6.07) is 12.3. The van der Waals surface area contributed by atoms with Gasteiger partial charge >= 0.3 is 0 Å². The summed E-state index contributed by atoms with van der Waals surface area (Å²) in [6.07, 6.45) is 4.37. The lowest BCUT2D eigenvalue weighted by molar-refractivity contribution is 0.254. The van der Waals surface area contributed by atoms with E-state index in [1.165, 1.54) is 25.1 Å². The molecule has 0 radical (unpaired) electrons. The molecule has 30 heavy (non-hydrogen) atoms. The van der Waals surface area contributed by atoms with Crippen molar-refractivity contribution in [1.82, 2.24) is 14.9 Å². The summed E-state index contributed by atoms with van der Waals surface area (Å²) in [4.78, 5) is 14.4. The number of anilines is 1. The minimum Gasteiger partial charge on any atom is -0.497 e. The Kier molecular flexibility index (Phi) is 6.33. The van der Waals surface area contributed by atoms with Gasteiger partial charge in [0.05, 0.1) is 25.1 Å². The molecule has 0 aliphatic carbocycles.